The van der Waals surface area contributed by atoms with Gasteiger partial charge in [-0.25, -0.2) is 0 Å². The van der Waals surface area contributed by atoms with E-state index < -0.39 is 0 Å². The van der Waals surface area contributed by atoms with Crippen molar-refractivity contribution in [3.8, 4) is 11.3 Å². The normalized spacial score (nSPS) is 23.2. The van der Waals surface area contributed by atoms with Crippen LogP contribution in [0.5, 0.6) is 0 Å². The third-order valence-corrected chi connectivity index (χ3v) is 4.68. The summed E-state index contributed by atoms with van der Waals surface area (Å²) < 4.78 is 5.34. The quantitative estimate of drug-likeness (QED) is 0.918. The highest BCUT2D eigenvalue weighted by Gasteiger charge is 2.39. The van der Waals surface area contributed by atoms with Gasteiger partial charge >= 0.3 is 0 Å². The van der Waals surface area contributed by atoms with E-state index in [2.05, 4.69) is 10.5 Å². The van der Waals surface area contributed by atoms with Gasteiger partial charge in [-0.2, -0.15) is 0 Å². The molecule has 2 saturated heterocycles. The molecule has 2 aliphatic heterocycles. The van der Waals surface area contributed by atoms with Gasteiger partial charge in [0, 0.05) is 30.3 Å². The maximum Gasteiger partial charge on any atom is 0.293 e. The number of carbonyl (C=O) groups excluding carboxylic acids is 1. The summed E-state index contributed by atoms with van der Waals surface area (Å²) in [6, 6.07) is 12.2. The largest absolute Gasteiger partial charge is 0.350 e. The van der Waals surface area contributed by atoms with Gasteiger partial charge in [0.25, 0.3) is 5.91 Å². The van der Waals surface area contributed by atoms with Crippen LogP contribution in [0.25, 0.3) is 11.3 Å². The number of carbonyl (C=O) groups is 1. The summed E-state index contributed by atoms with van der Waals surface area (Å²) in [4.78, 5) is 14.8. The first-order valence-electron chi connectivity index (χ1n) is 7.88. The van der Waals surface area contributed by atoms with Crippen LogP contribution in [0, 0.1) is 0 Å². The SMILES string of the molecule is Cl.O=C(c1cc(-c2ccccc2)no1)N1C2CCNCC1CC2. The van der Waals surface area contributed by atoms with Crippen molar-refractivity contribution in [2.24, 2.45) is 0 Å². The lowest BCUT2D eigenvalue weighted by molar-refractivity contribution is 0.0637. The van der Waals surface area contributed by atoms with Crippen LogP contribution >= 0.6 is 12.4 Å². The molecular weight excluding hydrogens is 314 g/mol. The molecule has 122 valence electrons. The van der Waals surface area contributed by atoms with E-state index >= 15 is 0 Å². The molecule has 1 N–H and O–H groups in total. The third kappa shape index (κ3) is 2.99. The number of rotatable bonds is 2. The van der Waals surface area contributed by atoms with Crippen LogP contribution in [-0.2, 0) is 0 Å². The zero-order valence-electron chi connectivity index (χ0n) is 12.8. The summed E-state index contributed by atoms with van der Waals surface area (Å²) in [6.07, 6.45) is 3.18. The summed E-state index contributed by atoms with van der Waals surface area (Å²) >= 11 is 0. The number of benzene rings is 1. The Balaban J connectivity index is 0.00000156. The number of nitrogens with one attached hydrogen (secondary N) is 1. The van der Waals surface area contributed by atoms with Gasteiger partial charge in [0.1, 0.15) is 5.69 Å². The zero-order chi connectivity index (χ0) is 14.9. The average molecular weight is 334 g/mol. The molecule has 4 rings (SSSR count). The minimum absolute atomic E-state index is 0. The maximum atomic E-state index is 12.8. The highest BCUT2D eigenvalue weighted by molar-refractivity contribution is 5.93. The molecule has 2 bridgehead atoms. The van der Waals surface area contributed by atoms with Crippen LogP contribution in [0.4, 0.5) is 0 Å². The number of hydrogen-bond acceptors (Lipinski definition) is 4. The fraction of sp³-hybridized carbons (Fsp3) is 0.412. The van der Waals surface area contributed by atoms with E-state index in [1.165, 1.54) is 0 Å². The second kappa shape index (κ2) is 6.72. The van der Waals surface area contributed by atoms with Crippen LogP contribution < -0.4 is 5.32 Å². The minimum atomic E-state index is -0.0223. The standard InChI is InChI=1S/C17H19N3O2.ClH/c21-17(20-13-6-7-14(20)11-18-9-8-13)16-10-15(19-22-16)12-4-2-1-3-5-12;/h1-5,10,13-14,18H,6-9,11H2;1H. The minimum Gasteiger partial charge on any atom is -0.350 e. The van der Waals surface area contributed by atoms with E-state index in [1.54, 1.807) is 6.07 Å². The number of fused-ring (bicyclic) bond motifs is 2. The highest BCUT2D eigenvalue weighted by atomic mass is 35.5. The fourth-order valence-corrected chi connectivity index (χ4v) is 3.56. The number of halogens is 1. The molecule has 2 unspecified atom stereocenters. The Morgan fingerprint density at radius 2 is 1.96 bits per heavy atom. The first kappa shape index (κ1) is 16.0. The number of amides is 1. The first-order valence-corrected chi connectivity index (χ1v) is 7.88. The molecule has 3 heterocycles. The lowest BCUT2D eigenvalue weighted by Crippen LogP contribution is -2.42. The Bertz CT molecular complexity index is 659. The first-order chi connectivity index (χ1) is 10.8. The fourth-order valence-electron chi connectivity index (χ4n) is 3.56. The van der Waals surface area contributed by atoms with Gasteiger partial charge in [0.15, 0.2) is 0 Å². The Morgan fingerprint density at radius 1 is 1.17 bits per heavy atom. The Hall–Kier alpha value is -1.85. The van der Waals surface area contributed by atoms with Crippen LogP contribution in [0.15, 0.2) is 40.9 Å². The van der Waals surface area contributed by atoms with Crippen LogP contribution in [-0.4, -0.2) is 41.1 Å². The lowest BCUT2D eigenvalue weighted by atomic mass is 10.1. The lowest BCUT2D eigenvalue weighted by Gasteiger charge is -2.26. The van der Waals surface area contributed by atoms with Gasteiger partial charge in [-0.3, -0.25) is 4.79 Å². The third-order valence-electron chi connectivity index (χ3n) is 4.68. The van der Waals surface area contributed by atoms with E-state index in [0.29, 0.717) is 17.5 Å². The van der Waals surface area contributed by atoms with E-state index in [0.717, 1.165) is 37.9 Å². The van der Waals surface area contributed by atoms with Crippen LogP contribution in [0.2, 0.25) is 0 Å². The molecule has 0 saturated carbocycles. The zero-order valence-corrected chi connectivity index (χ0v) is 13.6. The molecule has 2 aromatic rings. The van der Waals surface area contributed by atoms with Crippen LogP contribution in [0.3, 0.4) is 0 Å². The van der Waals surface area contributed by atoms with Crippen molar-refractivity contribution < 1.29 is 9.32 Å². The number of hydrogen-bond donors (Lipinski definition) is 1. The molecular formula is C17H20ClN3O2. The van der Waals surface area contributed by atoms with E-state index in [9.17, 15) is 4.79 Å². The van der Waals surface area contributed by atoms with Gasteiger partial charge in [-0.05, 0) is 25.8 Å². The van der Waals surface area contributed by atoms with Crippen molar-refractivity contribution in [2.45, 2.75) is 31.3 Å². The summed E-state index contributed by atoms with van der Waals surface area (Å²) in [7, 11) is 0. The molecule has 1 aromatic carbocycles. The number of nitrogens with zero attached hydrogens (tertiary/aromatic N) is 2. The summed E-state index contributed by atoms with van der Waals surface area (Å²) in [6.45, 7) is 1.86. The maximum absolute atomic E-state index is 12.8. The predicted octanol–water partition coefficient (Wildman–Crippen LogP) is 2.73. The van der Waals surface area contributed by atoms with Gasteiger partial charge in [-0.15, -0.1) is 12.4 Å². The van der Waals surface area contributed by atoms with E-state index in [1.807, 2.05) is 35.2 Å². The topological polar surface area (TPSA) is 58.4 Å². The Morgan fingerprint density at radius 3 is 2.78 bits per heavy atom. The molecule has 23 heavy (non-hydrogen) atoms. The molecule has 5 nitrogen and oxygen atoms in total. The molecule has 2 atom stereocenters. The van der Waals surface area contributed by atoms with Crippen molar-refractivity contribution in [3.05, 3.63) is 42.2 Å². The predicted molar refractivity (Wildman–Crippen MR) is 89.7 cm³/mol. The summed E-state index contributed by atoms with van der Waals surface area (Å²) in [5.74, 6) is 0.323. The van der Waals surface area contributed by atoms with Crippen molar-refractivity contribution in [2.75, 3.05) is 13.1 Å². The summed E-state index contributed by atoms with van der Waals surface area (Å²) in [5, 5.41) is 7.46. The second-order valence-electron chi connectivity index (χ2n) is 6.03. The molecule has 1 amide bonds. The smallest absolute Gasteiger partial charge is 0.293 e. The van der Waals surface area contributed by atoms with Gasteiger partial charge in [0.05, 0.1) is 0 Å². The van der Waals surface area contributed by atoms with E-state index in [4.69, 9.17) is 4.52 Å². The van der Waals surface area contributed by atoms with Crippen LogP contribution in [0.1, 0.15) is 29.8 Å². The molecule has 0 aliphatic carbocycles. The van der Waals surface area contributed by atoms with Crippen molar-refractivity contribution in [1.29, 1.82) is 0 Å². The number of aromatic nitrogens is 1. The van der Waals surface area contributed by atoms with Crippen molar-refractivity contribution in [3.63, 3.8) is 0 Å². The Kier molecular flexibility index (Phi) is 4.68. The molecule has 2 aliphatic rings. The van der Waals surface area contributed by atoms with Gasteiger partial charge in [0.2, 0.25) is 5.76 Å². The molecule has 2 fully saturated rings. The molecule has 0 spiro atoms. The average Bonchev–Trinajstić information content (AvgIpc) is 3.12. The molecule has 0 radical (unpaired) electrons. The monoisotopic (exact) mass is 333 g/mol. The van der Waals surface area contributed by atoms with Crippen molar-refractivity contribution in [1.82, 2.24) is 15.4 Å². The molecule has 1 aromatic heterocycles. The second-order valence-corrected chi connectivity index (χ2v) is 6.03. The van der Waals surface area contributed by atoms with Crippen molar-refractivity contribution >= 4 is 18.3 Å². The van der Waals surface area contributed by atoms with Gasteiger partial charge in [-0.1, -0.05) is 35.5 Å². The Labute approximate surface area is 141 Å². The molecule has 6 heteroatoms. The summed E-state index contributed by atoms with van der Waals surface area (Å²) in [5.41, 5.74) is 1.68. The van der Waals surface area contributed by atoms with E-state index in [-0.39, 0.29) is 24.4 Å². The van der Waals surface area contributed by atoms with Gasteiger partial charge < -0.3 is 14.7 Å². The highest BCUT2D eigenvalue weighted by Crippen LogP contribution is 2.30.